The number of rotatable bonds is 1. The van der Waals surface area contributed by atoms with Crippen LogP contribution in [0.5, 0.6) is 0 Å². The number of hydrogen-bond acceptors (Lipinski definition) is 2. The molecule has 0 saturated heterocycles. The van der Waals surface area contributed by atoms with E-state index < -0.39 is 0 Å². The molecule has 0 aromatic rings. The van der Waals surface area contributed by atoms with Crippen LogP contribution in [0.15, 0.2) is 58.9 Å². The van der Waals surface area contributed by atoms with Gasteiger partial charge in [-0.3, -0.25) is 4.79 Å². The molecule has 0 aromatic carbocycles. The van der Waals surface area contributed by atoms with Crippen LogP contribution in [0.3, 0.4) is 0 Å². The summed E-state index contributed by atoms with van der Waals surface area (Å²) in [6.07, 6.45) is 12.1. The summed E-state index contributed by atoms with van der Waals surface area (Å²) in [6, 6.07) is 0. The monoisotopic (exact) mass is 186 g/mol. The van der Waals surface area contributed by atoms with Gasteiger partial charge in [0.05, 0.1) is 0 Å². The molecule has 2 aliphatic carbocycles. The topological polar surface area (TPSA) is 37.3 Å². The van der Waals surface area contributed by atoms with Crippen molar-refractivity contribution in [3.63, 3.8) is 0 Å². The quantitative estimate of drug-likeness (QED) is 0.638. The van der Waals surface area contributed by atoms with Crippen molar-refractivity contribution in [3.05, 3.63) is 58.9 Å². The van der Waals surface area contributed by atoms with Gasteiger partial charge in [-0.05, 0) is 23.3 Å². The molecule has 14 heavy (non-hydrogen) atoms. The summed E-state index contributed by atoms with van der Waals surface area (Å²) in [7, 11) is 0. The Balaban J connectivity index is 2.54. The minimum atomic E-state index is 0.235. The summed E-state index contributed by atoms with van der Waals surface area (Å²) in [6.45, 7) is 0. The van der Waals surface area contributed by atoms with E-state index in [1.54, 1.807) is 12.2 Å². The molecule has 0 fully saturated rings. The molecule has 0 spiro atoms. The zero-order chi connectivity index (χ0) is 9.97. The van der Waals surface area contributed by atoms with E-state index in [2.05, 4.69) is 0 Å². The van der Waals surface area contributed by atoms with Gasteiger partial charge >= 0.3 is 0 Å². The number of hydrogen-bond donors (Lipinski definition) is 1. The Hall–Kier alpha value is -1.83. The van der Waals surface area contributed by atoms with Crippen LogP contribution in [0.2, 0.25) is 0 Å². The molecule has 0 radical (unpaired) electrons. The number of allylic oxidation sites excluding steroid dienone is 9. The number of aliphatic hydroxyl groups is 1. The van der Waals surface area contributed by atoms with Gasteiger partial charge in [0.1, 0.15) is 12.0 Å². The first kappa shape index (κ1) is 8.75. The lowest BCUT2D eigenvalue weighted by molar-refractivity contribution is -0.104. The third kappa shape index (κ3) is 1.46. The number of carbonyl (C=O) groups excluding carboxylic acids is 1. The summed E-state index contributed by atoms with van der Waals surface area (Å²) in [5.74, 6) is 0.235. The highest BCUT2D eigenvalue weighted by Crippen LogP contribution is 2.27. The maximum absolute atomic E-state index is 10.8. The summed E-state index contributed by atoms with van der Waals surface area (Å²) >= 11 is 0. The van der Waals surface area contributed by atoms with Crippen LogP contribution < -0.4 is 0 Å². The summed E-state index contributed by atoms with van der Waals surface area (Å²) < 4.78 is 0. The van der Waals surface area contributed by atoms with Crippen LogP contribution in [0, 0.1) is 0 Å². The number of aldehydes is 1. The average molecular weight is 186 g/mol. The molecule has 2 nitrogen and oxygen atoms in total. The van der Waals surface area contributed by atoms with Crippen LogP contribution in [-0.4, -0.2) is 11.4 Å². The fourth-order valence-electron chi connectivity index (χ4n) is 1.54. The summed E-state index contributed by atoms with van der Waals surface area (Å²) in [5.41, 5.74) is 2.42. The SMILES string of the molecule is O=CC1=CC=C(O)C2=CC=CC=C1C2. The van der Waals surface area contributed by atoms with E-state index in [9.17, 15) is 9.90 Å². The number of fused-ring (bicyclic) bond motifs is 2. The third-order valence-corrected chi connectivity index (χ3v) is 2.33. The fourth-order valence-corrected chi connectivity index (χ4v) is 1.54. The van der Waals surface area contributed by atoms with Crippen LogP contribution in [-0.2, 0) is 4.79 Å². The highest BCUT2D eigenvalue weighted by molar-refractivity contribution is 5.82. The van der Waals surface area contributed by atoms with Crippen LogP contribution in [0.1, 0.15) is 6.42 Å². The Kier molecular flexibility index (Phi) is 2.19. The van der Waals surface area contributed by atoms with Crippen molar-refractivity contribution in [2.45, 2.75) is 6.42 Å². The first-order valence-electron chi connectivity index (χ1n) is 4.44. The van der Waals surface area contributed by atoms with Gasteiger partial charge in [-0.1, -0.05) is 24.3 Å². The van der Waals surface area contributed by atoms with Gasteiger partial charge in [0.2, 0.25) is 0 Å². The summed E-state index contributed by atoms with van der Waals surface area (Å²) in [5, 5.41) is 9.61. The van der Waals surface area contributed by atoms with Crippen LogP contribution >= 0.6 is 0 Å². The second-order valence-corrected chi connectivity index (χ2v) is 3.24. The molecule has 0 saturated carbocycles. The Morgan fingerprint density at radius 3 is 2.50 bits per heavy atom. The van der Waals surface area contributed by atoms with Crippen LogP contribution in [0.4, 0.5) is 0 Å². The van der Waals surface area contributed by atoms with E-state index in [0.29, 0.717) is 12.0 Å². The maximum atomic E-state index is 10.8. The van der Waals surface area contributed by atoms with Gasteiger partial charge in [-0.2, -0.15) is 0 Å². The molecule has 0 unspecified atom stereocenters. The Morgan fingerprint density at radius 2 is 1.79 bits per heavy atom. The molecule has 0 aliphatic heterocycles. The molecule has 2 heteroatoms. The number of aliphatic hydroxyl groups excluding tert-OH is 1. The van der Waals surface area contributed by atoms with E-state index in [1.165, 1.54) is 0 Å². The smallest absolute Gasteiger partial charge is 0.150 e. The van der Waals surface area contributed by atoms with Gasteiger partial charge in [0, 0.05) is 12.0 Å². The Bertz CT molecular complexity index is 418. The normalized spacial score (nSPS) is 19.7. The van der Waals surface area contributed by atoms with E-state index in [-0.39, 0.29) is 5.76 Å². The highest BCUT2D eigenvalue weighted by Gasteiger charge is 2.13. The molecule has 0 aromatic heterocycles. The van der Waals surface area contributed by atoms with Crippen LogP contribution in [0.25, 0.3) is 0 Å². The third-order valence-electron chi connectivity index (χ3n) is 2.33. The van der Waals surface area contributed by atoms with E-state index in [0.717, 1.165) is 17.4 Å². The van der Waals surface area contributed by atoms with Gasteiger partial charge in [-0.25, -0.2) is 0 Å². The summed E-state index contributed by atoms with van der Waals surface area (Å²) in [4.78, 5) is 10.8. The first-order chi connectivity index (χ1) is 6.81. The van der Waals surface area contributed by atoms with Crippen molar-refractivity contribution in [2.24, 2.45) is 0 Å². The predicted octanol–water partition coefficient (Wildman–Crippen LogP) is 2.38. The van der Waals surface area contributed by atoms with Gasteiger partial charge in [0.25, 0.3) is 0 Å². The fraction of sp³-hybridized carbons (Fsp3) is 0.0833. The zero-order valence-electron chi connectivity index (χ0n) is 7.60. The molecule has 0 atom stereocenters. The van der Waals surface area contributed by atoms with E-state index in [4.69, 9.17) is 0 Å². The maximum Gasteiger partial charge on any atom is 0.150 e. The van der Waals surface area contributed by atoms with Crippen molar-refractivity contribution in [1.29, 1.82) is 0 Å². The average Bonchev–Trinajstić information content (AvgIpc) is 2.51. The van der Waals surface area contributed by atoms with E-state index >= 15 is 0 Å². The van der Waals surface area contributed by atoms with Crippen molar-refractivity contribution in [3.8, 4) is 0 Å². The molecular weight excluding hydrogens is 176 g/mol. The predicted molar refractivity (Wildman–Crippen MR) is 54.8 cm³/mol. The minimum Gasteiger partial charge on any atom is -0.508 e. The Morgan fingerprint density at radius 1 is 1.07 bits per heavy atom. The van der Waals surface area contributed by atoms with Gasteiger partial charge in [0.15, 0.2) is 0 Å². The highest BCUT2D eigenvalue weighted by atomic mass is 16.3. The molecule has 2 aliphatic rings. The van der Waals surface area contributed by atoms with Gasteiger partial charge in [-0.15, -0.1) is 0 Å². The van der Waals surface area contributed by atoms with Crippen molar-refractivity contribution < 1.29 is 9.90 Å². The van der Waals surface area contributed by atoms with Crippen molar-refractivity contribution >= 4 is 6.29 Å². The second kappa shape index (κ2) is 3.50. The molecule has 0 heterocycles. The first-order valence-corrected chi connectivity index (χ1v) is 4.44. The second-order valence-electron chi connectivity index (χ2n) is 3.24. The minimum absolute atomic E-state index is 0.235. The van der Waals surface area contributed by atoms with Gasteiger partial charge < -0.3 is 5.11 Å². The lowest BCUT2D eigenvalue weighted by Crippen LogP contribution is -1.92. The lowest BCUT2D eigenvalue weighted by atomic mass is 10.0. The molecule has 70 valence electrons. The molecule has 0 amide bonds. The molecular formula is C12H10O2. The molecule has 2 bridgehead atoms. The zero-order valence-corrected chi connectivity index (χ0v) is 7.60. The lowest BCUT2D eigenvalue weighted by Gasteiger charge is -2.04. The van der Waals surface area contributed by atoms with E-state index in [1.807, 2.05) is 24.3 Å². The number of carbonyl (C=O) groups is 1. The van der Waals surface area contributed by atoms with Crippen molar-refractivity contribution in [2.75, 3.05) is 0 Å². The Labute approximate surface area is 82.2 Å². The van der Waals surface area contributed by atoms with Crippen molar-refractivity contribution in [1.82, 2.24) is 0 Å². The standard InChI is InChI=1S/C12H10O2/c13-8-11-5-6-12(14)10-4-2-1-3-9(11)7-10/h1-6,8,14H,7H2. The largest absolute Gasteiger partial charge is 0.508 e. The molecule has 1 N–H and O–H groups in total. The molecule has 2 rings (SSSR count).